The summed E-state index contributed by atoms with van der Waals surface area (Å²) >= 11 is 6.31. The summed E-state index contributed by atoms with van der Waals surface area (Å²) < 4.78 is 0. The number of piperidine rings is 1. The molecule has 1 aromatic heterocycles. The number of hydrogen-bond acceptors (Lipinski definition) is 3. The first kappa shape index (κ1) is 13.8. The predicted molar refractivity (Wildman–Crippen MR) is 82.0 cm³/mol. The normalized spacial score (nSPS) is 20.4. The Hall–Kier alpha value is -1.16. The van der Waals surface area contributed by atoms with Crippen LogP contribution in [0.25, 0.3) is 10.9 Å². The third kappa shape index (κ3) is 2.95. The number of aryl methyl sites for hydroxylation is 1. The van der Waals surface area contributed by atoms with Crippen LogP contribution >= 0.6 is 11.6 Å². The topological polar surface area (TPSA) is 36.4 Å². The van der Waals surface area contributed by atoms with E-state index in [9.17, 15) is 5.11 Å². The summed E-state index contributed by atoms with van der Waals surface area (Å²) in [6.07, 6.45) is 1.73. The average Bonchev–Trinajstić information content (AvgIpc) is 2.40. The summed E-state index contributed by atoms with van der Waals surface area (Å²) in [5, 5.41) is 11.4. The monoisotopic (exact) mass is 290 g/mol. The van der Waals surface area contributed by atoms with Crippen LogP contribution in [0.2, 0.25) is 5.15 Å². The zero-order chi connectivity index (χ0) is 14.1. The number of likely N-dealkylation sites (tertiary alicyclic amines) is 1. The number of pyridine rings is 1. The van der Waals surface area contributed by atoms with Crippen LogP contribution in [0, 0.1) is 6.92 Å². The summed E-state index contributed by atoms with van der Waals surface area (Å²) in [6, 6.07) is 8.34. The number of halogens is 1. The maximum atomic E-state index is 9.74. The molecule has 0 unspecified atom stereocenters. The van der Waals surface area contributed by atoms with Crippen LogP contribution in [0.15, 0.2) is 24.3 Å². The molecule has 0 saturated carbocycles. The highest BCUT2D eigenvalue weighted by molar-refractivity contribution is 6.30. The number of β-amino-alcohol motifs (C(OH)–C–C–N with tert-alkyl or cyclic N) is 1. The van der Waals surface area contributed by atoms with E-state index in [1.165, 1.54) is 5.56 Å². The Morgan fingerprint density at radius 1 is 1.40 bits per heavy atom. The van der Waals surface area contributed by atoms with Crippen LogP contribution in [-0.2, 0) is 6.54 Å². The number of nitrogens with zero attached hydrogens (tertiary/aromatic N) is 2. The van der Waals surface area contributed by atoms with E-state index in [2.05, 4.69) is 41.1 Å². The van der Waals surface area contributed by atoms with E-state index < -0.39 is 0 Å². The second-order valence-corrected chi connectivity index (χ2v) is 6.02. The number of hydrogen-bond donors (Lipinski definition) is 1. The van der Waals surface area contributed by atoms with Crippen LogP contribution in [0.1, 0.15) is 24.0 Å². The molecule has 1 aromatic carbocycles. The molecule has 2 heterocycles. The van der Waals surface area contributed by atoms with Gasteiger partial charge in [-0.15, -0.1) is 0 Å². The van der Waals surface area contributed by atoms with Crippen molar-refractivity contribution in [3.8, 4) is 0 Å². The Morgan fingerprint density at radius 2 is 2.25 bits per heavy atom. The lowest BCUT2D eigenvalue weighted by Gasteiger charge is -2.30. The van der Waals surface area contributed by atoms with Crippen LogP contribution in [0.5, 0.6) is 0 Å². The zero-order valence-corrected chi connectivity index (χ0v) is 12.4. The number of aliphatic hydroxyl groups excluding tert-OH is 1. The third-order valence-corrected chi connectivity index (χ3v) is 4.20. The van der Waals surface area contributed by atoms with Crippen LogP contribution in [0.4, 0.5) is 0 Å². The van der Waals surface area contributed by atoms with Crippen molar-refractivity contribution in [2.24, 2.45) is 0 Å². The van der Waals surface area contributed by atoms with Gasteiger partial charge in [-0.05, 0) is 44.0 Å². The molecule has 0 amide bonds. The van der Waals surface area contributed by atoms with Crippen LogP contribution in [0.3, 0.4) is 0 Å². The lowest BCUT2D eigenvalue weighted by molar-refractivity contribution is 0.0668. The van der Waals surface area contributed by atoms with Gasteiger partial charge in [0.1, 0.15) is 5.15 Å². The van der Waals surface area contributed by atoms with Gasteiger partial charge in [-0.3, -0.25) is 4.90 Å². The fourth-order valence-corrected chi connectivity index (χ4v) is 3.03. The first-order valence-corrected chi connectivity index (χ1v) is 7.46. The molecular formula is C16H19ClN2O. The Labute approximate surface area is 124 Å². The van der Waals surface area contributed by atoms with Gasteiger partial charge < -0.3 is 5.11 Å². The van der Waals surface area contributed by atoms with Gasteiger partial charge in [-0.1, -0.05) is 23.7 Å². The molecule has 3 rings (SSSR count). The molecule has 0 spiro atoms. The summed E-state index contributed by atoms with van der Waals surface area (Å²) in [6.45, 7) is 4.55. The number of benzene rings is 1. The molecule has 0 radical (unpaired) electrons. The van der Waals surface area contributed by atoms with Crippen LogP contribution in [-0.4, -0.2) is 34.2 Å². The van der Waals surface area contributed by atoms with Crippen molar-refractivity contribution in [1.29, 1.82) is 0 Å². The van der Waals surface area contributed by atoms with Gasteiger partial charge >= 0.3 is 0 Å². The van der Waals surface area contributed by atoms with Crippen molar-refractivity contribution < 1.29 is 5.11 Å². The summed E-state index contributed by atoms with van der Waals surface area (Å²) in [4.78, 5) is 6.74. The smallest absolute Gasteiger partial charge is 0.134 e. The molecule has 1 aliphatic heterocycles. The standard InChI is InChI=1S/C16H19ClN2O/c1-11-4-5-12-8-13(16(17)18-15(12)7-11)9-19-6-2-3-14(20)10-19/h4-5,7-8,14,20H,2-3,6,9-10H2,1H3/t14-/m0/s1. The molecule has 0 aliphatic carbocycles. The highest BCUT2D eigenvalue weighted by atomic mass is 35.5. The van der Waals surface area contributed by atoms with E-state index in [0.717, 1.165) is 48.9 Å². The van der Waals surface area contributed by atoms with Gasteiger partial charge in [0.2, 0.25) is 0 Å². The summed E-state index contributed by atoms with van der Waals surface area (Å²) in [7, 11) is 0. The van der Waals surface area contributed by atoms with Gasteiger partial charge in [0.05, 0.1) is 11.6 Å². The van der Waals surface area contributed by atoms with Crippen molar-refractivity contribution in [3.05, 3.63) is 40.5 Å². The minimum absolute atomic E-state index is 0.210. The van der Waals surface area contributed by atoms with Gasteiger partial charge in [-0.25, -0.2) is 4.98 Å². The molecular weight excluding hydrogens is 272 g/mol. The molecule has 1 N–H and O–H groups in total. The molecule has 4 heteroatoms. The number of aromatic nitrogens is 1. The molecule has 1 fully saturated rings. The Bertz CT molecular complexity index is 629. The lowest BCUT2D eigenvalue weighted by atomic mass is 10.1. The van der Waals surface area contributed by atoms with Crippen molar-refractivity contribution in [1.82, 2.24) is 9.88 Å². The summed E-state index contributed by atoms with van der Waals surface area (Å²) in [5.74, 6) is 0. The van der Waals surface area contributed by atoms with Crippen molar-refractivity contribution in [2.45, 2.75) is 32.4 Å². The fourth-order valence-electron chi connectivity index (χ4n) is 2.82. The second-order valence-electron chi connectivity index (χ2n) is 5.67. The van der Waals surface area contributed by atoms with Gasteiger partial charge in [0.15, 0.2) is 0 Å². The largest absolute Gasteiger partial charge is 0.392 e. The highest BCUT2D eigenvalue weighted by Crippen LogP contribution is 2.24. The van der Waals surface area contributed by atoms with E-state index in [4.69, 9.17) is 11.6 Å². The quantitative estimate of drug-likeness (QED) is 0.863. The minimum atomic E-state index is -0.210. The van der Waals surface area contributed by atoms with E-state index in [1.807, 2.05) is 0 Å². The Kier molecular flexibility index (Phi) is 3.92. The summed E-state index contributed by atoms with van der Waals surface area (Å²) in [5.41, 5.74) is 3.17. The maximum absolute atomic E-state index is 9.74. The average molecular weight is 291 g/mol. The van der Waals surface area contributed by atoms with Crippen molar-refractivity contribution >= 4 is 22.5 Å². The number of rotatable bonds is 2. The molecule has 1 atom stereocenters. The lowest BCUT2D eigenvalue weighted by Crippen LogP contribution is -2.37. The zero-order valence-electron chi connectivity index (χ0n) is 11.6. The first-order valence-electron chi connectivity index (χ1n) is 7.08. The first-order chi connectivity index (χ1) is 9.61. The molecule has 2 aromatic rings. The van der Waals surface area contributed by atoms with Gasteiger partial charge in [0, 0.05) is 24.0 Å². The number of aliphatic hydroxyl groups is 1. The van der Waals surface area contributed by atoms with E-state index >= 15 is 0 Å². The molecule has 1 saturated heterocycles. The molecule has 0 bridgehead atoms. The Morgan fingerprint density at radius 3 is 3.05 bits per heavy atom. The van der Waals surface area contributed by atoms with E-state index in [-0.39, 0.29) is 6.10 Å². The van der Waals surface area contributed by atoms with E-state index in [1.54, 1.807) is 0 Å². The van der Waals surface area contributed by atoms with Gasteiger partial charge in [0.25, 0.3) is 0 Å². The Balaban J connectivity index is 1.87. The predicted octanol–water partition coefficient (Wildman–Crippen LogP) is 3.15. The molecule has 20 heavy (non-hydrogen) atoms. The van der Waals surface area contributed by atoms with Crippen LogP contribution < -0.4 is 0 Å². The van der Waals surface area contributed by atoms with E-state index in [0.29, 0.717) is 5.15 Å². The van der Waals surface area contributed by atoms with Crippen molar-refractivity contribution in [2.75, 3.05) is 13.1 Å². The molecule has 1 aliphatic rings. The molecule has 106 valence electrons. The van der Waals surface area contributed by atoms with Gasteiger partial charge in [-0.2, -0.15) is 0 Å². The third-order valence-electron chi connectivity index (χ3n) is 3.87. The maximum Gasteiger partial charge on any atom is 0.134 e. The SMILES string of the molecule is Cc1ccc2cc(CN3CCC[C@H](O)C3)c(Cl)nc2c1. The minimum Gasteiger partial charge on any atom is -0.392 e. The fraction of sp³-hybridized carbons (Fsp3) is 0.438. The molecule has 3 nitrogen and oxygen atoms in total. The highest BCUT2D eigenvalue weighted by Gasteiger charge is 2.19. The van der Waals surface area contributed by atoms with Crippen molar-refractivity contribution in [3.63, 3.8) is 0 Å². The second kappa shape index (κ2) is 5.68. The number of fused-ring (bicyclic) bond motifs is 1.